The van der Waals surface area contributed by atoms with Crippen LogP contribution in [-0.2, 0) is 4.79 Å². The van der Waals surface area contributed by atoms with Crippen LogP contribution in [-0.4, -0.2) is 26.4 Å². The zero-order valence-electron chi connectivity index (χ0n) is 16.2. The highest BCUT2D eigenvalue weighted by Gasteiger charge is 2.17. The molecule has 0 aliphatic heterocycles. The molecule has 1 N–H and O–H groups in total. The summed E-state index contributed by atoms with van der Waals surface area (Å²) in [6.45, 7) is 2.05. The highest BCUT2D eigenvalue weighted by Crippen LogP contribution is 2.28. The molecule has 4 aromatic rings. The third-order valence-corrected chi connectivity index (χ3v) is 5.82. The lowest BCUT2D eigenvalue weighted by molar-refractivity contribution is -0.113. The Morgan fingerprint density at radius 1 is 1.00 bits per heavy atom. The number of nitrogens with zero attached hydrogens (tertiary/aromatic N) is 3. The molecule has 5 nitrogen and oxygen atoms in total. The first-order valence-electron chi connectivity index (χ1n) is 9.36. The van der Waals surface area contributed by atoms with Gasteiger partial charge in [0, 0.05) is 21.4 Å². The Morgan fingerprint density at radius 2 is 1.77 bits per heavy atom. The maximum atomic E-state index is 12.5. The monoisotopic (exact) mass is 478 g/mol. The van der Waals surface area contributed by atoms with E-state index in [0.717, 1.165) is 27.2 Å². The number of hydrogen-bond donors (Lipinski definition) is 1. The molecule has 150 valence electrons. The lowest BCUT2D eigenvalue weighted by atomic mass is 10.1. The second-order valence-electron chi connectivity index (χ2n) is 6.69. The van der Waals surface area contributed by atoms with Crippen molar-refractivity contribution in [3.63, 3.8) is 0 Å². The van der Waals surface area contributed by atoms with Crippen LogP contribution in [0.25, 0.3) is 17.1 Å². The standard InChI is InChI=1S/C23H19BrN4OS/c1-16-10-12-17(13-11-16)22-26-27-23(28(22)20-8-3-2-4-9-20)30-15-21(29)25-19-7-5-6-18(24)14-19/h2-14H,15H2,1H3,(H,25,29). The molecule has 0 radical (unpaired) electrons. The number of carbonyl (C=O) groups is 1. The molecule has 1 heterocycles. The number of benzene rings is 3. The summed E-state index contributed by atoms with van der Waals surface area (Å²) in [4.78, 5) is 12.5. The van der Waals surface area contributed by atoms with Gasteiger partial charge in [-0.05, 0) is 37.3 Å². The molecule has 7 heteroatoms. The SMILES string of the molecule is Cc1ccc(-c2nnc(SCC(=O)Nc3cccc(Br)c3)n2-c2ccccc2)cc1. The van der Waals surface area contributed by atoms with Crippen LogP contribution in [0.3, 0.4) is 0 Å². The Morgan fingerprint density at radius 3 is 2.50 bits per heavy atom. The zero-order chi connectivity index (χ0) is 20.9. The van der Waals surface area contributed by atoms with Gasteiger partial charge in [-0.3, -0.25) is 9.36 Å². The minimum atomic E-state index is -0.0994. The summed E-state index contributed by atoms with van der Waals surface area (Å²) in [6, 6.07) is 25.6. The quantitative estimate of drug-likeness (QED) is 0.359. The van der Waals surface area contributed by atoms with Crippen LogP contribution in [0.4, 0.5) is 5.69 Å². The zero-order valence-corrected chi connectivity index (χ0v) is 18.7. The van der Waals surface area contributed by atoms with E-state index in [1.807, 2.05) is 71.3 Å². The van der Waals surface area contributed by atoms with E-state index in [1.54, 1.807) is 0 Å². The summed E-state index contributed by atoms with van der Waals surface area (Å²) < 4.78 is 2.90. The van der Waals surface area contributed by atoms with Crippen LogP contribution in [0.2, 0.25) is 0 Å². The number of anilines is 1. The number of amides is 1. The third kappa shape index (κ3) is 4.80. The number of aromatic nitrogens is 3. The van der Waals surface area contributed by atoms with Gasteiger partial charge in [-0.2, -0.15) is 0 Å². The highest BCUT2D eigenvalue weighted by atomic mass is 79.9. The van der Waals surface area contributed by atoms with Gasteiger partial charge >= 0.3 is 0 Å². The van der Waals surface area contributed by atoms with Gasteiger partial charge in [0.05, 0.1) is 5.75 Å². The number of thioether (sulfide) groups is 1. The minimum absolute atomic E-state index is 0.0994. The largest absolute Gasteiger partial charge is 0.325 e. The van der Waals surface area contributed by atoms with Crippen molar-refractivity contribution in [2.45, 2.75) is 12.1 Å². The molecule has 0 spiro atoms. The number of rotatable bonds is 6. The second kappa shape index (κ2) is 9.28. The Kier molecular flexibility index (Phi) is 6.30. The average Bonchev–Trinajstić information content (AvgIpc) is 3.17. The maximum absolute atomic E-state index is 12.5. The summed E-state index contributed by atoms with van der Waals surface area (Å²) in [6.07, 6.45) is 0. The predicted molar refractivity (Wildman–Crippen MR) is 125 cm³/mol. The summed E-state index contributed by atoms with van der Waals surface area (Å²) in [5, 5.41) is 12.4. The molecular formula is C23H19BrN4OS. The smallest absolute Gasteiger partial charge is 0.234 e. The fourth-order valence-corrected chi connectivity index (χ4v) is 4.11. The Hall–Kier alpha value is -2.90. The van der Waals surface area contributed by atoms with Gasteiger partial charge in [0.2, 0.25) is 5.91 Å². The van der Waals surface area contributed by atoms with Crippen molar-refractivity contribution < 1.29 is 4.79 Å². The van der Waals surface area contributed by atoms with Gasteiger partial charge in [0.15, 0.2) is 11.0 Å². The molecule has 3 aromatic carbocycles. The van der Waals surface area contributed by atoms with Crippen LogP contribution in [0.5, 0.6) is 0 Å². The maximum Gasteiger partial charge on any atom is 0.234 e. The molecule has 1 amide bonds. The van der Waals surface area contributed by atoms with Gasteiger partial charge in [-0.1, -0.05) is 81.8 Å². The van der Waals surface area contributed by atoms with Crippen molar-refractivity contribution in [3.8, 4) is 17.1 Å². The van der Waals surface area contributed by atoms with E-state index in [1.165, 1.54) is 17.3 Å². The predicted octanol–water partition coefficient (Wildman–Crippen LogP) is 5.74. The van der Waals surface area contributed by atoms with Gasteiger partial charge in [-0.25, -0.2) is 0 Å². The van der Waals surface area contributed by atoms with E-state index in [-0.39, 0.29) is 11.7 Å². The molecule has 0 atom stereocenters. The minimum Gasteiger partial charge on any atom is -0.325 e. The summed E-state index contributed by atoms with van der Waals surface area (Å²) >= 11 is 4.77. The number of halogens is 1. The van der Waals surface area contributed by atoms with Crippen LogP contribution >= 0.6 is 27.7 Å². The molecule has 0 aliphatic carbocycles. The molecular weight excluding hydrogens is 460 g/mol. The van der Waals surface area contributed by atoms with Crippen LogP contribution < -0.4 is 5.32 Å². The number of para-hydroxylation sites is 1. The third-order valence-electron chi connectivity index (χ3n) is 4.40. The average molecular weight is 479 g/mol. The van der Waals surface area contributed by atoms with E-state index in [9.17, 15) is 4.79 Å². The topological polar surface area (TPSA) is 59.8 Å². The first-order chi connectivity index (χ1) is 14.6. The van der Waals surface area contributed by atoms with Gasteiger partial charge in [0.25, 0.3) is 0 Å². The highest BCUT2D eigenvalue weighted by molar-refractivity contribution is 9.10. The molecule has 1 aromatic heterocycles. The molecule has 0 saturated heterocycles. The fourth-order valence-electron chi connectivity index (χ4n) is 2.96. The number of aryl methyl sites for hydroxylation is 1. The van der Waals surface area contributed by atoms with E-state index in [0.29, 0.717) is 5.16 Å². The molecule has 4 rings (SSSR count). The van der Waals surface area contributed by atoms with E-state index < -0.39 is 0 Å². The number of carbonyl (C=O) groups excluding carboxylic acids is 1. The number of nitrogens with one attached hydrogen (secondary N) is 1. The van der Waals surface area contributed by atoms with E-state index >= 15 is 0 Å². The second-order valence-corrected chi connectivity index (χ2v) is 8.55. The van der Waals surface area contributed by atoms with Crippen LogP contribution in [0.15, 0.2) is 88.5 Å². The summed E-state index contributed by atoms with van der Waals surface area (Å²) in [5.74, 6) is 0.874. The van der Waals surface area contributed by atoms with Crippen molar-refractivity contribution in [3.05, 3.63) is 88.9 Å². The Bertz CT molecular complexity index is 1160. The number of hydrogen-bond acceptors (Lipinski definition) is 4. The molecule has 0 fully saturated rings. The van der Waals surface area contributed by atoms with Crippen LogP contribution in [0, 0.1) is 6.92 Å². The summed E-state index contributed by atoms with van der Waals surface area (Å²) in [5.41, 5.74) is 3.86. The molecule has 0 unspecified atom stereocenters. The Balaban J connectivity index is 1.58. The van der Waals surface area contributed by atoms with Crippen molar-refractivity contribution in [1.82, 2.24) is 14.8 Å². The Labute approximate surface area is 187 Å². The first-order valence-corrected chi connectivity index (χ1v) is 11.1. The van der Waals surface area contributed by atoms with Crippen LogP contribution in [0.1, 0.15) is 5.56 Å². The van der Waals surface area contributed by atoms with Gasteiger partial charge in [0.1, 0.15) is 0 Å². The van der Waals surface area contributed by atoms with Crippen molar-refractivity contribution >= 4 is 39.3 Å². The van der Waals surface area contributed by atoms with E-state index in [4.69, 9.17) is 0 Å². The lowest BCUT2D eigenvalue weighted by Gasteiger charge is -2.10. The molecule has 0 bridgehead atoms. The van der Waals surface area contributed by atoms with Crippen molar-refractivity contribution in [2.24, 2.45) is 0 Å². The van der Waals surface area contributed by atoms with Gasteiger partial charge in [-0.15, -0.1) is 10.2 Å². The lowest BCUT2D eigenvalue weighted by Crippen LogP contribution is -2.14. The summed E-state index contributed by atoms with van der Waals surface area (Å²) in [7, 11) is 0. The molecule has 0 aliphatic rings. The van der Waals surface area contributed by atoms with E-state index in [2.05, 4.69) is 50.5 Å². The van der Waals surface area contributed by atoms with Crippen molar-refractivity contribution in [2.75, 3.05) is 11.1 Å². The molecule has 30 heavy (non-hydrogen) atoms. The van der Waals surface area contributed by atoms with Crippen molar-refractivity contribution in [1.29, 1.82) is 0 Å². The first kappa shape index (κ1) is 20.4. The molecule has 0 saturated carbocycles. The normalized spacial score (nSPS) is 10.7. The fraction of sp³-hybridized carbons (Fsp3) is 0.0870. The van der Waals surface area contributed by atoms with Gasteiger partial charge < -0.3 is 5.32 Å².